The van der Waals surface area contributed by atoms with Gasteiger partial charge in [-0.05, 0) is 201 Å². The molecule has 630 valence electrons. The standard InChI is InChI=1S/C19H22BrN5O.C19H20BrN5.C19H22BrN5.2C16H16BrN5O/c1-13-5-2-3-7-15(13)17-9-18(25-19(23-17)16(20)11-22-25)21-10-14-6-4-8-24(26)12-14;20-16-11-23-25-18(22-10-13-2-1-5-21-9-13)8-17(24-19(16)25)15-7-12-3-4-14(15)6-12;1-13-5-2-3-7-15(13)17-9-18(22-11-14-6-4-8-21-10-14)25-19(24-17)16(20)12-23-25;2*17-13-9-20-22-15(19-8-11-2-1-4-18-7-11)6-14(21-16(13)22)12-3-5-23-10-12/h4,6,8-9,11-13,15,21H,2-3,5,7,10H2,1H3;1-2,5,8-9,11-12,14-15,22H,3-4,6-7,10H2;4,6,8-10,12-13,15,22H,2-3,5,7,11H2,1H3;2*1-2,4,6-7,9,12,19H,3,5,8,10H2. The molecule has 9 unspecified atom stereocenters. The molecular weight excluding hydrogens is 1870 g/mol. The number of hydrogen-bond donors (Lipinski definition) is 5. The van der Waals surface area contributed by atoms with Crippen LogP contribution in [0.3, 0.4) is 0 Å². The molecule has 33 heteroatoms. The van der Waals surface area contributed by atoms with Crippen molar-refractivity contribution in [2.45, 2.75) is 166 Å². The third-order valence-corrected chi connectivity index (χ3v) is 26.9. The van der Waals surface area contributed by atoms with Crippen molar-refractivity contribution in [2.24, 2.45) is 23.7 Å². The van der Waals surface area contributed by atoms with E-state index in [1.165, 1.54) is 94.6 Å². The third kappa shape index (κ3) is 20.1. The van der Waals surface area contributed by atoms with E-state index in [0.29, 0.717) is 67.6 Å². The highest BCUT2D eigenvalue weighted by molar-refractivity contribution is 9.11. The average molecular weight is 1960 g/mol. The number of rotatable bonds is 20. The molecule has 5 N–H and O–H groups in total. The highest BCUT2D eigenvalue weighted by Crippen LogP contribution is 2.53. The summed E-state index contributed by atoms with van der Waals surface area (Å²) >= 11 is 17.8. The van der Waals surface area contributed by atoms with Gasteiger partial charge < -0.3 is 41.3 Å². The lowest BCUT2D eigenvalue weighted by Gasteiger charge is -2.28. The zero-order valence-electron chi connectivity index (χ0n) is 67.8. The molecule has 0 aromatic carbocycles. The minimum Gasteiger partial charge on any atom is -0.619 e. The summed E-state index contributed by atoms with van der Waals surface area (Å²) in [6, 6.07) is 30.4. The fourth-order valence-corrected chi connectivity index (χ4v) is 19.4. The zero-order chi connectivity index (χ0) is 83.4. The maximum absolute atomic E-state index is 11.5. The molecule has 21 rings (SSSR count). The van der Waals surface area contributed by atoms with E-state index in [0.717, 1.165) is 187 Å². The Balaban J connectivity index is 0.000000108. The van der Waals surface area contributed by atoms with Crippen molar-refractivity contribution < 1.29 is 14.2 Å². The lowest BCUT2D eigenvalue weighted by atomic mass is 9.78. The summed E-state index contributed by atoms with van der Waals surface area (Å²) in [5, 5.41) is 51.0. The molecule has 2 aliphatic heterocycles. The Bertz CT molecular complexity index is 5750. The Morgan fingerprint density at radius 3 is 1.01 bits per heavy atom. The summed E-state index contributed by atoms with van der Waals surface area (Å²) in [4.78, 5) is 40.9. The molecule has 6 aliphatic rings. The first-order valence-corrected chi connectivity index (χ1v) is 46.0. The Kier molecular flexibility index (Phi) is 27.4. The van der Waals surface area contributed by atoms with E-state index < -0.39 is 0 Å². The highest BCUT2D eigenvalue weighted by atomic mass is 79.9. The number of ether oxygens (including phenoxy) is 2. The van der Waals surface area contributed by atoms with Crippen LogP contribution in [-0.4, -0.2) is 119 Å². The van der Waals surface area contributed by atoms with Gasteiger partial charge in [0.05, 0.1) is 77.9 Å². The van der Waals surface area contributed by atoms with Crippen molar-refractivity contribution in [3.63, 3.8) is 0 Å². The number of nitrogens with zero attached hydrogens (tertiary/aromatic N) is 20. The minimum atomic E-state index is 0.348. The maximum Gasteiger partial charge on any atom is 0.185 e. The number of nitrogens with one attached hydrogen (secondary N) is 5. The van der Waals surface area contributed by atoms with E-state index in [2.05, 4.69) is 208 Å². The molecule has 15 aromatic heterocycles. The van der Waals surface area contributed by atoms with E-state index in [-0.39, 0.29) is 0 Å². The van der Waals surface area contributed by atoms with Gasteiger partial charge in [-0.15, -0.1) is 0 Å². The van der Waals surface area contributed by atoms with Crippen LogP contribution < -0.4 is 31.3 Å². The second-order valence-corrected chi connectivity index (χ2v) is 36.7. The summed E-state index contributed by atoms with van der Waals surface area (Å²) in [5.41, 5.74) is 15.3. The SMILES string of the molecule is Brc1cnn2c(NCc3cccnc3)cc(C3CC4CCC3C4)nc12.Brc1cnn2c(NCc3cccnc3)cc(C3CCOC3)nc12.Brc1cnn2c(NCc3cccnc3)cc(C3CCOC3)nc12.CC1CCCCC1c1cc(NCc2ccc[n+]([O-])c2)n2ncc(Br)c2n1.CC1CCCCC1c1cc(NCc2cccnc2)n2ncc(Br)c2n1. The van der Waals surface area contributed by atoms with E-state index in [1.54, 1.807) is 55.6 Å². The van der Waals surface area contributed by atoms with Crippen molar-refractivity contribution in [3.05, 3.63) is 268 Å². The lowest BCUT2D eigenvalue weighted by molar-refractivity contribution is -0.605. The molecule has 0 radical (unpaired) electrons. The Morgan fingerprint density at radius 1 is 0.377 bits per heavy atom. The summed E-state index contributed by atoms with van der Waals surface area (Å²) in [5.74, 6) is 10.1. The summed E-state index contributed by atoms with van der Waals surface area (Å²) in [7, 11) is 0. The van der Waals surface area contributed by atoms with E-state index in [1.807, 2.05) is 102 Å². The van der Waals surface area contributed by atoms with Gasteiger partial charge in [0.25, 0.3) is 0 Å². The van der Waals surface area contributed by atoms with Crippen LogP contribution in [0.5, 0.6) is 0 Å². The summed E-state index contributed by atoms with van der Waals surface area (Å²) in [6.07, 6.45) is 44.3. The highest BCUT2D eigenvalue weighted by Gasteiger charge is 2.41. The minimum absolute atomic E-state index is 0.348. The van der Waals surface area contributed by atoms with Crippen molar-refractivity contribution in [3.8, 4) is 0 Å². The number of fused-ring (bicyclic) bond motifs is 7. The van der Waals surface area contributed by atoms with E-state index in [4.69, 9.17) is 34.4 Å². The lowest BCUT2D eigenvalue weighted by Crippen LogP contribution is -2.25. The van der Waals surface area contributed by atoms with Crippen molar-refractivity contribution in [1.82, 2.24) is 92.9 Å². The van der Waals surface area contributed by atoms with Crippen LogP contribution in [0.2, 0.25) is 0 Å². The van der Waals surface area contributed by atoms with Gasteiger partial charge >= 0.3 is 0 Å². The van der Waals surface area contributed by atoms with Crippen molar-refractivity contribution >= 4 is 137 Å². The quantitative estimate of drug-likeness (QED) is 0.0350. The summed E-state index contributed by atoms with van der Waals surface area (Å²) in [6.45, 7) is 11.1. The molecule has 15 aromatic rings. The largest absolute Gasteiger partial charge is 0.619 e. The van der Waals surface area contributed by atoms with Crippen LogP contribution in [0.15, 0.2) is 206 Å². The maximum atomic E-state index is 11.5. The van der Waals surface area contributed by atoms with E-state index in [9.17, 15) is 5.21 Å². The van der Waals surface area contributed by atoms with Crippen LogP contribution in [0, 0.1) is 28.9 Å². The molecule has 4 saturated carbocycles. The topological polar surface area (TPSA) is 308 Å². The molecule has 2 saturated heterocycles. The fraction of sp³-hybridized carbons (Fsp3) is 0.382. The van der Waals surface area contributed by atoms with Gasteiger partial charge in [-0.1, -0.05) is 83.1 Å². The van der Waals surface area contributed by atoms with Crippen LogP contribution in [0.1, 0.15) is 190 Å². The van der Waals surface area contributed by atoms with Crippen LogP contribution in [0.4, 0.5) is 29.1 Å². The first kappa shape index (κ1) is 84.2. The predicted octanol–water partition coefficient (Wildman–Crippen LogP) is 19.2. The second-order valence-electron chi connectivity index (χ2n) is 32.4. The molecule has 9 atom stereocenters. The monoisotopic (exact) mass is 1960 g/mol. The molecular formula is C89H96Br5N25O3. The molecule has 0 spiro atoms. The Morgan fingerprint density at radius 2 is 0.705 bits per heavy atom. The number of pyridine rings is 5. The van der Waals surface area contributed by atoms with Crippen molar-refractivity contribution in [1.29, 1.82) is 0 Å². The first-order valence-electron chi connectivity index (χ1n) is 42.0. The molecule has 4 aliphatic carbocycles. The van der Waals surface area contributed by atoms with Gasteiger partial charge in [0.1, 0.15) is 29.1 Å². The predicted molar refractivity (Wildman–Crippen MR) is 488 cm³/mol. The molecule has 122 heavy (non-hydrogen) atoms. The first-order chi connectivity index (χ1) is 59.7. The zero-order valence-corrected chi connectivity index (χ0v) is 75.8. The molecule has 0 amide bonds. The second kappa shape index (κ2) is 39.7. The smallest absolute Gasteiger partial charge is 0.185 e. The Labute approximate surface area is 748 Å². The average Bonchev–Trinajstić information content (AvgIpc) is 1.62. The van der Waals surface area contributed by atoms with Crippen LogP contribution in [0.25, 0.3) is 28.2 Å². The normalized spacial score (nSPS) is 20.4. The third-order valence-electron chi connectivity index (χ3n) is 24.1. The van der Waals surface area contributed by atoms with Gasteiger partial charge in [0.15, 0.2) is 40.6 Å². The van der Waals surface area contributed by atoms with Gasteiger partial charge in [-0.3, -0.25) is 19.9 Å². The molecule has 6 fully saturated rings. The number of aromatic nitrogens is 20. The molecule has 2 bridgehead atoms. The fourth-order valence-electron chi connectivity index (χ4n) is 17.6. The number of anilines is 5. The number of halogens is 5. The van der Waals surface area contributed by atoms with Crippen LogP contribution in [-0.2, 0) is 42.2 Å². The van der Waals surface area contributed by atoms with E-state index >= 15 is 0 Å². The molecule has 28 nitrogen and oxygen atoms in total. The molecule has 17 heterocycles. The van der Waals surface area contributed by atoms with Gasteiger partial charge in [-0.25, -0.2) is 24.9 Å². The summed E-state index contributed by atoms with van der Waals surface area (Å²) < 4.78 is 25.6. The van der Waals surface area contributed by atoms with Gasteiger partial charge in [0.2, 0.25) is 0 Å². The van der Waals surface area contributed by atoms with Gasteiger partial charge in [-0.2, -0.15) is 52.8 Å². The number of hydrogen-bond acceptors (Lipinski definition) is 22. The van der Waals surface area contributed by atoms with Gasteiger partial charge in [0, 0.05) is 184 Å². The van der Waals surface area contributed by atoms with Crippen molar-refractivity contribution in [2.75, 3.05) is 53.0 Å². The Hall–Kier alpha value is -10.0. The van der Waals surface area contributed by atoms with Crippen LogP contribution >= 0.6 is 79.6 Å².